The van der Waals surface area contributed by atoms with Gasteiger partial charge in [0.05, 0.1) is 4.47 Å². The Bertz CT molecular complexity index is 512. The van der Waals surface area contributed by atoms with Crippen LogP contribution in [0, 0.1) is 0 Å². The van der Waals surface area contributed by atoms with Crippen molar-refractivity contribution < 1.29 is 9.90 Å². The Hall–Kier alpha value is -1.89. The number of aromatic hydroxyl groups is 1. The van der Waals surface area contributed by atoms with E-state index in [0.29, 0.717) is 10.0 Å². The van der Waals surface area contributed by atoms with E-state index >= 15 is 0 Å². The van der Waals surface area contributed by atoms with Gasteiger partial charge in [-0.25, -0.2) is 5.10 Å². The number of nitrogens with one attached hydrogen (secondary N) is 2. The highest BCUT2D eigenvalue weighted by atomic mass is 79.9. The molecule has 0 bridgehead atoms. The van der Waals surface area contributed by atoms with Crippen molar-refractivity contribution >= 4 is 27.8 Å². The summed E-state index contributed by atoms with van der Waals surface area (Å²) in [4.78, 5) is 15.4. The van der Waals surface area contributed by atoms with E-state index < -0.39 is 0 Å². The smallest absolute Gasteiger partial charge is 0.258 e. The highest BCUT2D eigenvalue weighted by molar-refractivity contribution is 9.10. The average Bonchev–Trinajstić information content (AvgIpc) is 2.74. The number of halogens is 1. The number of hydrogen-bond donors (Lipinski definition) is 3. The largest absolute Gasteiger partial charge is 0.507 e. The predicted octanol–water partition coefficient (Wildman–Crippen LogP) is 1.53. The van der Waals surface area contributed by atoms with Crippen molar-refractivity contribution in [2.45, 2.75) is 0 Å². The minimum Gasteiger partial charge on any atom is -0.507 e. The fourth-order valence-electron chi connectivity index (χ4n) is 1.10. The quantitative estimate of drug-likeness (QED) is 0.779. The molecule has 0 fully saturated rings. The molecule has 2 aromatic rings. The van der Waals surface area contributed by atoms with Crippen molar-refractivity contribution in [1.82, 2.24) is 15.2 Å². The van der Waals surface area contributed by atoms with Gasteiger partial charge in [0.2, 0.25) is 5.95 Å². The third-order valence-electron chi connectivity index (χ3n) is 1.86. The highest BCUT2D eigenvalue weighted by Gasteiger charge is 2.09. The molecule has 1 heterocycles. The SMILES string of the molecule is O=C(Nc1ncn[nH]1)c1ccc(Br)c(O)c1. The molecule has 1 amide bonds. The number of aromatic amines is 1. The zero-order chi connectivity index (χ0) is 11.5. The lowest BCUT2D eigenvalue weighted by molar-refractivity contribution is 0.102. The van der Waals surface area contributed by atoms with Crippen molar-refractivity contribution in [2.24, 2.45) is 0 Å². The summed E-state index contributed by atoms with van der Waals surface area (Å²) in [7, 11) is 0. The summed E-state index contributed by atoms with van der Waals surface area (Å²) in [5, 5.41) is 18.0. The summed E-state index contributed by atoms with van der Waals surface area (Å²) in [5.41, 5.74) is 0.331. The van der Waals surface area contributed by atoms with Gasteiger partial charge in [-0.05, 0) is 34.1 Å². The molecule has 1 aromatic carbocycles. The van der Waals surface area contributed by atoms with Crippen LogP contribution in [0.15, 0.2) is 29.0 Å². The van der Waals surface area contributed by atoms with Gasteiger partial charge < -0.3 is 5.11 Å². The maximum absolute atomic E-state index is 11.7. The summed E-state index contributed by atoms with van der Waals surface area (Å²) in [6, 6.07) is 4.52. The van der Waals surface area contributed by atoms with Crippen molar-refractivity contribution in [3.05, 3.63) is 34.6 Å². The topological polar surface area (TPSA) is 90.9 Å². The molecule has 2 rings (SSSR count). The normalized spacial score (nSPS) is 10.1. The van der Waals surface area contributed by atoms with Gasteiger partial charge in [-0.3, -0.25) is 10.1 Å². The van der Waals surface area contributed by atoms with E-state index in [1.807, 2.05) is 0 Å². The fourth-order valence-corrected chi connectivity index (χ4v) is 1.35. The lowest BCUT2D eigenvalue weighted by atomic mass is 10.2. The van der Waals surface area contributed by atoms with E-state index in [0.717, 1.165) is 0 Å². The Morgan fingerprint density at radius 2 is 2.31 bits per heavy atom. The zero-order valence-electron chi connectivity index (χ0n) is 7.94. The van der Waals surface area contributed by atoms with Gasteiger partial charge in [0.15, 0.2) is 0 Å². The molecule has 0 radical (unpaired) electrons. The second-order valence-corrected chi connectivity index (χ2v) is 3.81. The van der Waals surface area contributed by atoms with Gasteiger partial charge in [-0.15, -0.1) is 0 Å². The van der Waals surface area contributed by atoms with E-state index in [9.17, 15) is 9.90 Å². The van der Waals surface area contributed by atoms with Crippen LogP contribution in [0.25, 0.3) is 0 Å². The van der Waals surface area contributed by atoms with E-state index in [1.54, 1.807) is 12.1 Å². The van der Waals surface area contributed by atoms with Crippen molar-refractivity contribution in [1.29, 1.82) is 0 Å². The first-order chi connectivity index (χ1) is 7.66. The maximum Gasteiger partial charge on any atom is 0.258 e. The second kappa shape index (κ2) is 4.31. The van der Waals surface area contributed by atoms with Crippen LogP contribution in [0.2, 0.25) is 0 Å². The van der Waals surface area contributed by atoms with Crippen molar-refractivity contribution in [2.75, 3.05) is 5.32 Å². The third-order valence-corrected chi connectivity index (χ3v) is 2.53. The molecule has 0 saturated heterocycles. The molecule has 3 N–H and O–H groups in total. The van der Waals surface area contributed by atoms with Crippen LogP contribution in [0.3, 0.4) is 0 Å². The Morgan fingerprint density at radius 3 is 2.94 bits per heavy atom. The number of H-pyrrole nitrogens is 1. The standard InChI is InChI=1S/C9H7BrN4O2/c10-6-2-1-5(3-7(6)15)8(16)13-9-11-4-12-14-9/h1-4,15H,(H2,11,12,13,14,16). The number of nitrogens with zero attached hydrogens (tertiary/aromatic N) is 2. The summed E-state index contributed by atoms with van der Waals surface area (Å²) >= 11 is 3.13. The number of phenolic OH excluding ortho intramolecular Hbond substituents is 1. The first-order valence-electron chi connectivity index (χ1n) is 4.32. The molecule has 0 aliphatic carbocycles. The van der Waals surface area contributed by atoms with Crippen LogP contribution in [0.4, 0.5) is 5.95 Å². The number of carbonyl (C=O) groups excluding carboxylic acids is 1. The number of benzene rings is 1. The third kappa shape index (κ3) is 2.19. The van der Waals surface area contributed by atoms with Gasteiger partial charge in [0, 0.05) is 5.56 Å². The molecular formula is C9H7BrN4O2. The molecule has 7 heteroatoms. The molecule has 0 aliphatic rings. The first-order valence-corrected chi connectivity index (χ1v) is 5.11. The van der Waals surface area contributed by atoms with E-state index in [1.165, 1.54) is 12.4 Å². The number of hydrogen-bond acceptors (Lipinski definition) is 4. The van der Waals surface area contributed by atoms with E-state index in [-0.39, 0.29) is 17.6 Å². The monoisotopic (exact) mass is 282 g/mol. The lowest BCUT2D eigenvalue weighted by Gasteiger charge is -2.03. The number of carbonyl (C=O) groups is 1. The molecule has 16 heavy (non-hydrogen) atoms. The summed E-state index contributed by atoms with van der Waals surface area (Å²) in [5.74, 6) is -0.114. The zero-order valence-corrected chi connectivity index (χ0v) is 9.52. The number of aromatic nitrogens is 3. The molecule has 0 aliphatic heterocycles. The van der Waals surface area contributed by atoms with Gasteiger partial charge in [-0.1, -0.05) is 0 Å². The summed E-state index contributed by atoms with van der Waals surface area (Å²) < 4.78 is 0.531. The molecule has 6 nitrogen and oxygen atoms in total. The number of rotatable bonds is 2. The van der Waals surface area contributed by atoms with Crippen LogP contribution >= 0.6 is 15.9 Å². The van der Waals surface area contributed by atoms with Crippen LogP contribution in [0.1, 0.15) is 10.4 Å². The number of anilines is 1. The number of amides is 1. The first kappa shape index (κ1) is 10.6. The van der Waals surface area contributed by atoms with Crippen LogP contribution in [0.5, 0.6) is 5.75 Å². The highest BCUT2D eigenvalue weighted by Crippen LogP contribution is 2.24. The predicted molar refractivity (Wildman–Crippen MR) is 60.1 cm³/mol. The van der Waals surface area contributed by atoms with Gasteiger partial charge >= 0.3 is 0 Å². The van der Waals surface area contributed by atoms with Gasteiger partial charge in [0.1, 0.15) is 12.1 Å². The minimum absolute atomic E-state index is 0.00483. The number of phenols is 1. The fraction of sp³-hybridized carbons (Fsp3) is 0. The molecular weight excluding hydrogens is 276 g/mol. The second-order valence-electron chi connectivity index (χ2n) is 2.95. The maximum atomic E-state index is 11.7. The lowest BCUT2D eigenvalue weighted by Crippen LogP contribution is -2.12. The molecule has 0 spiro atoms. The van der Waals surface area contributed by atoms with Crippen molar-refractivity contribution in [3.63, 3.8) is 0 Å². The molecule has 0 atom stereocenters. The van der Waals surface area contributed by atoms with E-state index in [4.69, 9.17) is 0 Å². The van der Waals surface area contributed by atoms with Gasteiger partial charge in [0.25, 0.3) is 5.91 Å². The molecule has 82 valence electrons. The van der Waals surface area contributed by atoms with Gasteiger partial charge in [-0.2, -0.15) is 10.1 Å². The molecule has 0 unspecified atom stereocenters. The van der Waals surface area contributed by atoms with Crippen molar-refractivity contribution in [3.8, 4) is 5.75 Å². The average molecular weight is 283 g/mol. The Labute approximate surface area is 98.8 Å². The molecule has 1 aromatic heterocycles. The molecule has 0 saturated carbocycles. The Kier molecular flexibility index (Phi) is 2.86. The van der Waals surface area contributed by atoms with Crippen LogP contribution in [-0.4, -0.2) is 26.2 Å². The Balaban J connectivity index is 2.18. The summed E-state index contributed by atoms with van der Waals surface area (Å²) in [6.07, 6.45) is 1.29. The summed E-state index contributed by atoms with van der Waals surface area (Å²) in [6.45, 7) is 0. The van der Waals surface area contributed by atoms with E-state index in [2.05, 4.69) is 36.4 Å². The van der Waals surface area contributed by atoms with Crippen LogP contribution < -0.4 is 5.32 Å². The Morgan fingerprint density at radius 1 is 1.50 bits per heavy atom. The minimum atomic E-state index is -0.375. The van der Waals surface area contributed by atoms with Crippen LogP contribution in [-0.2, 0) is 0 Å².